The van der Waals surface area contributed by atoms with Gasteiger partial charge >= 0.3 is 0 Å². The Bertz CT molecular complexity index is 830. The van der Waals surface area contributed by atoms with E-state index in [0.29, 0.717) is 5.56 Å². The molecule has 3 heteroatoms. The maximum absolute atomic E-state index is 9.20. The summed E-state index contributed by atoms with van der Waals surface area (Å²) in [5.41, 5.74) is 5.89. The van der Waals surface area contributed by atoms with Gasteiger partial charge in [-0.05, 0) is 38.1 Å². The van der Waals surface area contributed by atoms with E-state index >= 15 is 0 Å². The zero-order valence-electron chi connectivity index (χ0n) is 11.8. The normalized spacial score (nSPS) is 10.7. The van der Waals surface area contributed by atoms with Crippen LogP contribution in [-0.2, 0) is 7.05 Å². The van der Waals surface area contributed by atoms with Crippen molar-refractivity contribution in [2.24, 2.45) is 7.05 Å². The Morgan fingerprint density at radius 1 is 1.10 bits per heavy atom. The van der Waals surface area contributed by atoms with Crippen molar-refractivity contribution in [3.05, 3.63) is 53.1 Å². The van der Waals surface area contributed by atoms with Crippen molar-refractivity contribution in [3.8, 4) is 17.5 Å². The summed E-state index contributed by atoms with van der Waals surface area (Å²) < 4.78 is 2.05. The summed E-state index contributed by atoms with van der Waals surface area (Å²) in [5.74, 6) is 0.898. The van der Waals surface area contributed by atoms with Crippen molar-refractivity contribution in [1.82, 2.24) is 9.55 Å². The first-order valence-corrected chi connectivity index (χ1v) is 6.54. The van der Waals surface area contributed by atoms with Gasteiger partial charge in [-0.25, -0.2) is 4.98 Å². The van der Waals surface area contributed by atoms with Crippen molar-refractivity contribution in [3.63, 3.8) is 0 Å². The predicted octanol–water partition coefficient (Wildman–Crippen LogP) is 3.73. The van der Waals surface area contributed by atoms with E-state index in [1.807, 2.05) is 23.7 Å². The van der Waals surface area contributed by atoms with E-state index in [2.05, 4.69) is 43.1 Å². The predicted molar refractivity (Wildman–Crippen MR) is 80.3 cm³/mol. The van der Waals surface area contributed by atoms with Crippen LogP contribution in [0.25, 0.3) is 22.4 Å². The molecule has 0 aliphatic carbocycles. The lowest BCUT2D eigenvalue weighted by molar-refractivity contribution is 0.958. The van der Waals surface area contributed by atoms with E-state index in [4.69, 9.17) is 0 Å². The molecule has 0 aliphatic rings. The first-order chi connectivity index (χ1) is 9.60. The first-order valence-electron chi connectivity index (χ1n) is 6.54. The highest BCUT2D eigenvalue weighted by atomic mass is 15.1. The summed E-state index contributed by atoms with van der Waals surface area (Å²) in [5, 5.41) is 9.20. The zero-order valence-corrected chi connectivity index (χ0v) is 11.8. The second-order valence-electron chi connectivity index (χ2n) is 5.16. The van der Waals surface area contributed by atoms with Crippen LogP contribution < -0.4 is 0 Å². The molecule has 0 aliphatic heterocycles. The number of hydrogen-bond donors (Lipinski definition) is 0. The molecule has 0 atom stereocenters. The van der Waals surface area contributed by atoms with E-state index < -0.39 is 0 Å². The molecule has 0 radical (unpaired) electrons. The Kier molecular flexibility index (Phi) is 2.80. The van der Waals surface area contributed by atoms with Crippen LogP contribution in [0.4, 0.5) is 0 Å². The summed E-state index contributed by atoms with van der Waals surface area (Å²) in [6.45, 7) is 4.17. The maximum atomic E-state index is 9.20. The van der Waals surface area contributed by atoms with Crippen LogP contribution >= 0.6 is 0 Å². The summed E-state index contributed by atoms with van der Waals surface area (Å²) in [4.78, 5) is 4.68. The largest absolute Gasteiger partial charge is 0.327 e. The standard InChI is InChI=1S/C17H15N3/c1-11-7-12(2)9-14(8-11)17-19-16-13(10-18)5-4-6-15(16)20(17)3/h4-9H,1-3H3. The Balaban J connectivity index is 2.32. The van der Waals surface area contributed by atoms with Gasteiger partial charge in [-0.3, -0.25) is 0 Å². The Hall–Kier alpha value is -2.60. The summed E-state index contributed by atoms with van der Waals surface area (Å²) in [6, 6.07) is 14.3. The third-order valence-electron chi connectivity index (χ3n) is 3.51. The molecule has 3 rings (SSSR count). The zero-order chi connectivity index (χ0) is 14.3. The van der Waals surface area contributed by atoms with Crippen molar-refractivity contribution in [2.45, 2.75) is 13.8 Å². The van der Waals surface area contributed by atoms with E-state index in [0.717, 1.165) is 22.4 Å². The summed E-state index contributed by atoms with van der Waals surface area (Å²) >= 11 is 0. The van der Waals surface area contributed by atoms with Crippen molar-refractivity contribution in [1.29, 1.82) is 5.26 Å². The SMILES string of the molecule is Cc1cc(C)cc(-c2nc3c(C#N)cccc3n2C)c1. The lowest BCUT2D eigenvalue weighted by atomic mass is 10.1. The molecule has 2 aromatic carbocycles. The second-order valence-corrected chi connectivity index (χ2v) is 5.16. The van der Waals surface area contributed by atoms with Crippen LogP contribution in [0.3, 0.4) is 0 Å². The molecule has 0 saturated carbocycles. The van der Waals surface area contributed by atoms with E-state index in [-0.39, 0.29) is 0 Å². The van der Waals surface area contributed by atoms with Crippen LogP contribution in [-0.4, -0.2) is 9.55 Å². The number of nitrogens with zero attached hydrogens (tertiary/aromatic N) is 3. The molecule has 0 unspecified atom stereocenters. The second kappa shape index (κ2) is 4.50. The number of benzene rings is 2. The first kappa shape index (κ1) is 12.4. The molecule has 98 valence electrons. The summed E-state index contributed by atoms with van der Waals surface area (Å²) in [7, 11) is 1.99. The minimum atomic E-state index is 0.619. The van der Waals surface area contributed by atoms with E-state index in [1.165, 1.54) is 11.1 Å². The molecule has 0 bridgehead atoms. The summed E-state index contributed by atoms with van der Waals surface area (Å²) in [6.07, 6.45) is 0. The Morgan fingerprint density at radius 3 is 2.45 bits per heavy atom. The van der Waals surface area contributed by atoms with E-state index in [1.54, 1.807) is 6.07 Å². The van der Waals surface area contributed by atoms with Crippen LogP contribution in [0, 0.1) is 25.2 Å². The van der Waals surface area contributed by atoms with Gasteiger partial charge in [-0.1, -0.05) is 23.3 Å². The Labute approximate surface area is 118 Å². The minimum absolute atomic E-state index is 0.619. The van der Waals surface area contributed by atoms with Gasteiger partial charge in [0, 0.05) is 12.6 Å². The van der Waals surface area contributed by atoms with Crippen LogP contribution in [0.2, 0.25) is 0 Å². The van der Waals surface area contributed by atoms with Gasteiger partial charge in [0.05, 0.1) is 11.1 Å². The number of para-hydroxylation sites is 1. The third kappa shape index (κ3) is 1.86. The molecule has 3 aromatic rings. The Morgan fingerprint density at radius 2 is 1.80 bits per heavy atom. The number of imidazole rings is 1. The number of aryl methyl sites for hydroxylation is 3. The van der Waals surface area contributed by atoms with Crippen LogP contribution in [0.1, 0.15) is 16.7 Å². The number of rotatable bonds is 1. The molecule has 3 nitrogen and oxygen atoms in total. The molecule has 0 saturated heterocycles. The molecular weight excluding hydrogens is 246 g/mol. The van der Waals surface area contributed by atoms with Crippen molar-refractivity contribution in [2.75, 3.05) is 0 Å². The van der Waals surface area contributed by atoms with Crippen LogP contribution in [0.15, 0.2) is 36.4 Å². The minimum Gasteiger partial charge on any atom is -0.327 e. The highest BCUT2D eigenvalue weighted by Crippen LogP contribution is 2.26. The molecule has 0 N–H and O–H groups in total. The molecule has 1 heterocycles. The maximum Gasteiger partial charge on any atom is 0.140 e. The number of hydrogen-bond acceptors (Lipinski definition) is 2. The highest BCUT2D eigenvalue weighted by molar-refractivity contribution is 5.85. The van der Waals surface area contributed by atoms with Gasteiger partial charge in [0.1, 0.15) is 17.4 Å². The number of aromatic nitrogens is 2. The lowest BCUT2D eigenvalue weighted by Gasteiger charge is -2.05. The van der Waals surface area contributed by atoms with E-state index in [9.17, 15) is 5.26 Å². The van der Waals surface area contributed by atoms with Gasteiger partial charge in [-0.2, -0.15) is 5.26 Å². The highest BCUT2D eigenvalue weighted by Gasteiger charge is 2.12. The quantitative estimate of drug-likeness (QED) is 0.669. The molecule has 0 fully saturated rings. The fourth-order valence-corrected chi connectivity index (χ4v) is 2.67. The average molecular weight is 261 g/mol. The number of nitriles is 1. The fourth-order valence-electron chi connectivity index (χ4n) is 2.67. The smallest absolute Gasteiger partial charge is 0.140 e. The molecule has 0 spiro atoms. The molecule has 1 aromatic heterocycles. The van der Waals surface area contributed by atoms with Crippen molar-refractivity contribution < 1.29 is 0 Å². The topological polar surface area (TPSA) is 41.6 Å². The third-order valence-corrected chi connectivity index (χ3v) is 3.51. The number of fused-ring (bicyclic) bond motifs is 1. The van der Waals surface area contributed by atoms with Gasteiger partial charge in [-0.15, -0.1) is 0 Å². The lowest BCUT2D eigenvalue weighted by Crippen LogP contribution is -1.93. The molecule has 0 amide bonds. The average Bonchev–Trinajstić information content (AvgIpc) is 2.75. The van der Waals surface area contributed by atoms with Crippen molar-refractivity contribution >= 4 is 11.0 Å². The van der Waals surface area contributed by atoms with Gasteiger partial charge in [0.25, 0.3) is 0 Å². The fraction of sp³-hybridized carbons (Fsp3) is 0.176. The van der Waals surface area contributed by atoms with Crippen LogP contribution in [0.5, 0.6) is 0 Å². The van der Waals surface area contributed by atoms with Gasteiger partial charge in [0.15, 0.2) is 0 Å². The van der Waals surface area contributed by atoms with Gasteiger partial charge < -0.3 is 4.57 Å². The molecular formula is C17H15N3. The van der Waals surface area contributed by atoms with Gasteiger partial charge in [0.2, 0.25) is 0 Å². The monoisotopic (exact) mass is 261 g/mol. The molecule has 20 heavy (non-hydrogen) atoms.